The van der Waals surface area contributed by atoms with Gasteiger partial charge in [0.1, 0.15) is 12.0 Å². The molecule has 1 rings (SSSR count). The minimum absolute atomic E-state index is 0.172. The first-order valence-corrected chi connectivity index (χ1v) is 2.36. The van der Waals surface area contributed by atoms with E-state index >= 15 is 0 Å². The second kappa shape index (κ2) is 1.86. The first kappa shape index (κ1) is 5.15. The topological polar surface area (TPSA) is 49.8 Å². The Morgan fingerprint density at radius 1 is 1.88 bits per heavy atom. The molecule has 3 nitrogen and oxygen atoms in total. The molecule has 0 atom stereocenters. The summed E-state index contributed by atoms with van der Waals surface area (Å²) in [5.74, 6) is 0.0220. The first-order valence-electron chi connectivity index (χ1n) is 2.36. The van der Waals surface area contributed by atoms with E-state index < -0.39 is 5.97 Å². The molecule has 3 heteroatoms. The molecular formula is C5H6O3. The molecule has 0 bridgehead atoms. The van der Waals surface area contributed by atoms with Crippen molar-refractivity contribution < 1.29 is 14.6 Å². The second-order valence-corrected chi connectivity index (χ2v) is 1.60. The van der Waals surface area contributed by atoms with Gasteiger partial charge in [-0.05, 0) is 0 Å². The highest BCUT2D eigenvalue weighted by Gasteiger charge is 2.10. The molecular weight excluding hydrogens is 108 g/mol. The Morgan fingerprint density at radius 2 is 2.50 bits per heavy atom. The average molecular weight is 114 g/mol. The normalized spacial score (nSPS) is 14.2. The van der Waals surface area contributed by atoms with E-state index in [9.17, 15) is 4.79 Å². The molecule has 0 spiro atoms. The zero-order chi connectivity index (χ0) is 5.98. The zero-order valence-electron chi connectivity index (χ0n) is 4.26. The Balaban J connectivity index is 2.04. The Kier molecular flexibility index (Phi) is 1.20. The van der Waals surface area contributed by atoms with E-state index in [2.05, 4.69) is 4.74 Å². The number of ether oxygens (including phenoxy) is 1. The predicted molar refractivity (Wildman–Crippen MR) is 26.0 cm³/mol. The van der Waals surface area contributed by atoms with Crippen LogP contribution in [-0.4, -0.2) is 11.1 Å². The summed E-state index contributed by atoms with van der Waals surface area (Å²) < 4.78 is 4.59. The van der Waals surface area contributed by atoms with Gasteiger partial charge in [0, 0.05) is 6.42 Å². The molecule has 0 saturated heterocycles. The lowest BCUT2D eigenvalue weighted by molar-refractivity contribution is -0.137. The van der Waals surface area contributed by atoms with E-state index in [4.69, 9.17) is 5.11 Å². The molecule has 0 amide bonds. The Morgan fingerprint density at radius 3 is 2.88 bits per heavy atom. The molecule has 0 aromatic rings. The van der Waals surface area contributed by atoms with E-state index in [-0.39, 0.29) is 6.42 Å². The Labute approximate surface area is 46.6 Å². The summed E-state index contributed by atoms with van der Waals surface area (Å²) in [5, 5.41) is 8.11. The van der Waals surface area contributed by atoms with Gasteiger partial charge in [0.2, 0.25) is 0 Å². The molecule has 1 N–H and O–H groups in total. The lowest BCUT2D eigenvalue weighted by Crippen LogP contribution is -1.92. The molecule has 0 saturated carbocycles. The van der Waals surface area contributed by atoms with Crippen LogP contribution in [0.1, 0.15) is 12.8 Å². The van der Waals surface area contributed by atoms with Crippen LogP contribution in [0.25, 0.3) is 0 Å². The number of allylic oxidation sites excluding steroid dienone is 1. The van der Waals surface area contributed by atoms with Crippen LogP contribution in [0.3, 0.4) is 0 Å². The van der Waals surface area contributed by atoms with Crippen molar-refractivity contribution in [1.82, 2.24) is 0 Å². The SMILES string of the molecule is O=C(O)CCC1=CO1. The van der Waals surface area contributed by atoms with Crippen molar-refractivity contribution in [3.05, 3.63) is 12.0 Å². The molecule has 44 valence electrons. The Hall–Kier alpha value is -0.990. The van der Waals surface area contributed by atoms with Gasteiger partial charge < -0.3 is 9.84 Å². The van der Waals surface area contributed by atoms with Gasteiger partial charge >= 0.3 is 5.97 Å². The van der Waals surface area contributed by atoms with Gasteiger partial charge in [-0.15, -0.1) is 0 Å². The maximum atomic E-state index is 9.85. The lowest BCUT2D eigenvalue weighted by atomic mass is 10.3. The predicted octanol–water partition coefficient (Wildman–Crippen LogP) is 0.723. The molecule has 0 radical (unpaired) electrons. The van der Waals surface area contributed by atoms with Gasteiger partial charge in [0.25, 0.3) is 0 Å². The van der Waals surface area contributed by atoms with Crippen molar-refractivity contribution >= 4 is 5.97 Å². The molecule has 8 heavy (non-hydrogen) atoms. The molecule has 1 heterocycles. The van der Waals surface area contributed by atoms with Crippen molar-refractivity contribution in [2.24, 2.45) is 0 Å². The molecule has 0 fully saturated rings. The van der Waals surface area contributed by atoms with Crippen molar-refractivity contribution in [3.8, 4) is 0 Å². The summed E-state index contributed by atoms with van der Waals surface area (Å²) in [4.78, 5) is 9.85. The van der Waals surface area contributed by atoms with Crippen molar-refractivity contribution in [3.63, 3.8) is 0 Å². The average Bonchev–Trinajstić information content (AvgIpc) is 2.41. The summed E-state index contributed by atoms with van der Waals surface area (Å²) >= 11 is 0. The van der Waals surface area contributed by atoms with E-state index in [1.165, 1.54) is 0 Å². The fourth-order valence-electron chi connectivity index (χ4n) is 0.390. The van der Waals surface area contributed by atoms with Gasteiger partial charge in [-0.1, -0.05) is 0 Å². The summed E-state index contributed by atoms with van der Waals surface area (Å²) in [7, 11) is 0. The first-order chi connectivity index (χ1) is 3.79. The number of carboxylic acids is 1. The minimum atomic E-state index is -0.776. The molecule has 0 unspecified atom stereocenters. The largest absolute Gasteiger partial charge is 0.481 e. The van der Waals surface area contributed by atoms with Crippen LogP contribution in [0.4, 0.5) is 0 Å². The van der Waals surface area contributed by atoms with Gasteiger partial charge in [-0.3, -0.25) is 4.79 Å². The molecule has 1 aliphatic heterocycles. The Bertz CT molecular complexity index is 135. The summed E-state index contributed by atoms with van der Waals surface area (Å²) in [6.45, 7) is 0. The van der Waals surface area contributed by atoms with Crippen LogP contribution < -0.4 is 0 Å². The van der Waals surface area contributed by atoms with E-state index in [1.54, 1.807) is 6.26 Å². The van der Waals surface area contributed by atoms with Crippen LogP contribution >= 0.6 is 0 Å². The highest BCUT2D eigenvalue weighted by Crippen LogP contribution is 2.18. The van der Waals surface area contributed by atoms with Gasteiger partial charge in [0.15, 0.2) is 0 Å². The zero-order valence-corrected chi connectivity index (χ0v) is 4.26. The van der Waals surface area contributed by atoms with E-state index in [1.807, 2.05) is 0 Å². The maximum absolute atomic E-state index is 9.85. The van der Waals surface area contributed by atoms with E-state index in [0.717, 1.165) is 5.76 Å². The number of rotatable bonds is 3. The highest BCUT2D eigenvalue weighted by molar-refractivity contribution is 5.67. The van der Waals surface area contributed by atoms with Crippen LogP contribution in [0.2, 0.25) is 0 Å². The number of carbonyl (C=O) groups is 1. The monoisotopic (exact) mass is 114 g/mol. The number of hydrogen-bond acceptors (Lipinski definition) is 2. The maximum Gasteiger partial charge on any atom is 0.303 e. The standard InChI is InChI=1S/C5H6O3/c6-5(7)2-1-4-3-8-4/h3H,1-2H2,(H,6,7). The molecule has 0 aliphatic carbocycles. The number of aliphatic carboxylic acids is 1. The smallest absolute Gasteiger partial charge is 0.303 e. The third-order valence-electron chi connectivity index (χ3n) is 0.870. The van der Waals surface area contributed by atoms with Gasteiger partial charge in [-0.2, -0.15) is 0 Å². The lowest BCUT2D eigenvalue weighted by Gasteiger charge is -1.83. The van der Waals surface area contributed by atoms with Crippen molar-refractivity contribution in [1.29, 1.82) is 0 Å². The van der Waals surface area contributed by atoms with Crippen LogP contribution in [0.15, 0.2) is 12.0 Å². The summed E-state index contributed by atoms with van der Waals surface area (Å²) in [5.41, 5.74) is 0. The van der Waals surface area contributed by atoms with Crippen LogP contribution in [0, 0.1) is 0 Å². The number of hydrogen-bond donors (Lipinski definition) is 1. The molecule has 0 aromatic heterocycles. The highest BCUT2D eigenvalue weighted by atomic mass is 16.5. The third-order valence-corrected chi connectivity index (χ3v) is 0.870. The summed E-state index contributed by atoms with van der Waals surface area (Å²) in [6, 6.07) is 0. The van der Waals surface area contributed by atoms with Gasteiger partial charge in [0.05, 0.1) is 6.42 Å². The van der Waals surface area contributed by atoms with E-state index in [0.29, 0.717) is 6.42 Å². The van der Waals surface area contributed by atoms with Gasteiger partial charge in [-0.25, -0.2) is 0 Å². The molecule has 0 aromatic carbocycles. The fourth-order valence-corrected chi connectivity index (χ4v) is 0.390. The quantitative estimate of drug-likeness (QED) is 0.588. The van der Waals surface area contributed by atoms with Crippen LogP contribution in [0.5, 0.6) is 0 Å². The van der Waals surface area contributed by atoms with Crippen molar-refractivity contribution in [2.75, 3.05) is 0 Å². The van der Waals surface area contributed by atoms with Crippen molar-refractivity contribution in [2.45, 2.75) is 12.8 Å². The second-order valence-electron chi connectivity index (χ2n) is 1.60. The van der Waals surface area contributed by atoms with Crippen LogP contribution in [-0.2, 0) is 9.53 Å². The minimum Gasteiger partial charge on any atom is -0.481 e. The summed E-state index contributed by atoms with van der Waals surface area (Å²) in [6.07, 6.45) is 2.27. The fraction of sp³-hybridized carbons (Fsp3) is 0.400. The molecule has 1 aliphatic rings. The number of carboxylic acid groups (broad SMARTS) is 1. The third kappa shape index (κ3) is 1.64.